The van der Waals surface area contributed by atoms with Crippen molar-refractivity contribution in [3.63, 3.8) is 0 Å². The summed E-state index contributed by atoms with van der Waals surface area (Å²) in [5, 5.41) is 4.14. The number of carbonyl (C=O) groups excluding carboxylic acids is 2. The Morgan fingerprint density at radius 3 is 2.45 bits per heavy atom. The Labute approximate surface area is 195 Å². The maximum Gasteiger partial charge on any atom is 0.338 e. The number of hydrazone groups is 1. The van der Waals surface area contributed by atoms with Gasteiger partial charge in [0, 0.05) is 10.0 Å². The van der Waals surface area contributed by atoms with Crippen LogP contribution in [0.5, 0.6) is 0 Å². The molecule has 2 aromatic carbocycles. The first kappa shape index (κ1) is 22.9. The first-order valence-corrected chi connectivity index (χ1v) is 11.1. The van der Waals surface area contributed by atoms with Gasteiger partial charge in [-0.25, -0.2) is 10.2 Å². The fourth-order valence-electron chi connectivity index (χ4n) is 2.58. The van der Waals surface area contributed by atoms with Crippen molar-refractivity contribution in [1.82, 2.24) is 9.99 Å². The second-order valence-corrected chi connectivity index (χ2v) is 8.50. The van der Waals surface area contributed by atoms with Crippen molar-refractivity contribution in [2.75, 3.05) is 6.61 Å². The summed E-state index contributed by atoms with van der Waals surface area (Å²) in [6, 6.07) is 13.6. The molecule has 0 aliphatic carbocycles. The molecule has 10 heteroatoms. The molecule has 7 nitrogen and oxygen atoms in total. The minimum atomic E-state index is -0.468. The second kappa shape index (κ2) is 10.5. The highest BCUT2D eigenvalue weighted by Crippen LogP contribution is 2.19. The number of benzene rings is 2. The van der Waals surface area contributed by atoms with Crippen LogP contribution in [0.2, 0.25) is 5.15 Å². The lowest BCUT2D eigenvalue weighted by atomic mass is 10.1. The molecule has 0 fully saturated rings. The molecule has 3 aromatic rings. The molecule has 1 amide bonds. The minimum absolute atomic E-state index is 0.227. The van der Waals surface area contributed by atoms with E-state index in [1.165, 1.54) is 35.0 Å². The number of ether oxygens (including phenoxy) is 1. The molecule has 0 aliphatic rings. The Balaban J connectivity index is 1.65. The second-order valence-electron chi connectivity index (χ2n) is 6.23. The highest BCUT2D eigenvalue weighted by Gasteiger charge is 2.13. The maximum atomic E-state index is 12.3. The Hall–Kier alpha value is -2.75. The van der Waals surface area contributed by atoms with E-state index >= 15 is 0 Å². The number of hydrogen-bond acceptors (Lipinski definition) is 6. The quantitative estimate of drug-likeness (QED) is 0.284. The van der Waals surface area contributed by atoms with Gasteiger partial charge in [0.25, 0.3) is 5.91 Å². The zero-order valence-electron chi connectivity index (χ0n) is 16.3. The summed E-state index contributed by atoms with van der Waals surface area (Å²) in [5.74, 6) is -0.922. The van der Waals surface area contributed by atoms with Crippen LogP contribution in [0.1, 0.15) is 38.1 Å². The van der Waals surface area contributed by atoms with E-state index in [1.807, 2.05) is 24.3 Å². The lowest BCUT2D eigenvalue weighted by molar-refractivity contribution is 0.0526. The standard InChI is InChI=1S/C21H17BrClN3O4S/c1-2-30-20(28)15-7-5-14(6-8-15)19(27)25-24-11-17-18(23)26(21(29)31-17)12-13-3-9-16(22)10-4-13/h3-11H,2,12H2,1H3,(H,25,27)/b24-11+. The zero-order valence-corrected chi connectivity index (χ0v) is 19.5. The lowest BCUT2D eigenvalue weighted by Gasteiger charge is -2.04. The molecule has 0 saturated heterocycles. The Morgan fingerprint density at radius 1 is 1.16 bits per heavy atom. The third kappa shape index (κ3) is 5.90. The predicted molar refractivity (Wildman–Crippen MR) is 124 cm³/mol. The van der Waals surface area contributed by atoms with Crippen molar-refractivity contribution >= 4 is 57.0 Å². The van der Waals surface area contributed by atoms with Crippen molar-refractivity contribution in [2.45, 2.75) is 13.5 Å². The normalized spacial score (nSPS) is 10.9. The average molecular weight is 523 g/mol. The summed E-state index contributed by atoms with van der Waals surface area (Å²) < 4.78 is 7.28. The SMILES string of the molecule is CCOC(=O)c1ccc(C(=O)N/N=C/c2sc(=O)n(Cc3ccc(Br)cc3)c2Cl)cc1. The van der Waals surface area contributed by atoms with E-state index in [1.54, 1.807) is 6.92 Å². The third-order valence-corrected chi connectivity index (χ3v) is 6.08. The van der Waals surface area contributed by atoms with Crippen molar-refractivity contribution in [2.24, 2.45) is 5.10 Å². The Bertz CT molecular complexity index is 1170. The summed E-state index contributed by atoms with van der Waals surface area (Å²) in [5.41, 5.74) is 3.97. The van der Waals surface area contributed by atoms with Gasteiger partial charge in [-0.05, 0) is 48.9 Å². The molecule has 31 heavy (non-hydrogen) atoms. The van der Waals surface area contributed by atoms with Gasteiger partial charge in [-0.1, -0.05) is 51.0 Å². The predicted octanol–water partition coefficient (Wildman–Crippen LogP) is 4.31. The van der Waals surface area contributed by atoms with E-state index in [0.29, 0.717) is 22.5 Å². The zero-order chi connectivity index (χ0) is 22.4. The Kier molecular flexibility index (Phi) is 7.78. The first-order chi connectivity index (χ1) is 14.9. The van der Waals surface area contributed by atoms with Crippen LogP contribution in [-0.4, -0.2) is 29.3 Å². The Morgan fingerprint density at radius 2 is 1.81 bits per heavy atom. The molecular formula is C21H17BrClN3O4S. The number of thiazole rings is 1. The largest absolute Gasteiger partial charge is 0.462 e. The average Bonchev–Trinajstić information content (AvgIpc) is 3.03. The van der Waals surface area contributed by atoms with Gasteiger partial charge >= 0.3 is 10.8 Å². The molecule has 0 aliphatic heterocycles. The molecule has 0 radical (unpaired) electrons. The molecule has 160 valence electrons. The van der Waals surface area contributed by atoms with Gasteiger partial charge in [0.2, 0.25) is 0 Å². The van der Waals surface area contributed by atoms with E-state index in [-0.39, 0.29) is 16.6 Å². The van der Waals surface area contributed by atoms with E-state index in [9.17, 15) is 14.4 Å². The number of rotatable bonds is 7. The fourth-order valence-corrected chi connectivity index (χ4v) is 3.95. The third-order valence-electron chi connectivity index (χ3n) is 4.12. The number of hydrogen-bond donors (Lipinski definition) is 1. The summed E-state index contributed by atoms with van der Waals surface area (Å²) >= 11 is 10.6. The highest BCUT2D eigenvalue weighted by atomic mass is 79.9. The number of aromatic nitrogens is 1. The van der Waals surface area contributed by atoms with Crippen molar-refractivity contribution in [3.8, 4) is 0 Å². The summed E-state index contributed by atoms with van der Waals surface area (Å²) in [6.45, 7) is 2.32. The van der Waals surface area contributed by atoms with E-state index in [2.05, 4.69) is 26.5 Å². The number of esters is 1. The molecule has 1 aromatic heterocycles. The maximum absolute atomic E-state index is 12.3. The summed E-state index contributed by atoms with van der Waals surface area (Å²) in [6.07, 6.45) is 1.33. The summed E-state index contributed by atoms with van der Waals surface area (Å²) in [7, 11) is 0. The molecule has 1 heterocycles. The molecule has 0 spiro atoms. The van der Waals surface area contributed by atoms with Crippen LogP contribution in [-0.2, 0) is 11.3 Å². The monoisotopic (exact) mass is 521 g/mol. The topological polar surface area (TPSA) is 89.8 Å². The number of carbonyl (C=O) groups is 2. The van der Waals surface area contributed by atoms with Gasteiger partial charge in [0.1, 0.15) is 5.15 Å². The number of nitrogens with one attached hydrogen (secondary N) is 1. The van der Waals surface area contributed by atoms with E-state index < -0.39 is 11.9 Å². The van der Waals surface area contributed by atoms with Gasteiger partial charge in [-0.15, -0.1) is 0 Å². The van der Waals surface area contributed by atoms with Crippen LogP contribution in [0.3, 0.4) is 0 Å². The first-order valence-electron chi connectivity index (χ1n) is 9.13. The van der Waals surface area contributed by atoms with Gasteiger partial charge in [0.05, 0.1) is 29.8 Å². The number of nitrogens with zero attached hydrogens (tertiary/aromatic N) is 2. The van der Waals surface area contributed by atoms with Gasteiger partial charge in [0.15, 0.2) is 0 Å². The lowest BCUT2D eigenvalue weighted by Crippen LogP contribution is -2.17. The van der Waals surface area contributed by atoms with Crippen LogP contribution in [0.4, 0.5) is 0 Å². The molecule has 0 bridgehead atoms. The van der Waals surface area contributed by atoms with Crippen LogP contribution in [0.15, 0.2) is 62.9 Å². The van der Waals surface area contributed by atoms with Crippen molar-refractivity contribution in [1.29, 1.82) is 0 Å². The van der Waals surface area contributed by atoms with Gasteiger partial charge in [-0.3, -0.25) is 14.2 Å². The summed E-state index contributed by atoms with van der Waals surface area (Å²) in [4.78, 5) is 36.4. The van der Waals surface area contributed by atoms with Crippen LogP contribution >= 0.6 is 38.9 Å². The van der Waals surface area contributed by atoms with Crippen molar-refractivity contribution in [3.05, 3.63) is 89.4 Å². The molecular weight excluding hydrogens is 506 g/mol. The molecule has 3 rings (SSSR count). The number of amides is 1. The van der Waals surface area contributed by atoms with Crippen LogP contribution in [0, 0.1) is 0 Å². The number of halogens is 2. The van der Waals surface area contributed by atoms with E-state index in [0.717, 1.165) is 21.4 Å². The molecule has 0 atom stereocenters. The molecule has 0 unspecified atom stereocenters. The van der Waals surface area contributed by atoms with Crippen molar-refractivity contribution < 1.29 is 14.3 Å². The van der Waals surface area contributed by atoms with Gasteiger partial charge < -0.3 is 4.74 Å². The smallest absolute Gasteiger partial charge is 0.338 e. The minimum Gasteiger partial charge on any atom is -0.462 e. The van der Waals surface area contributed by atoms with Crippen LogP contribution in [0.25, 0.3) is 0 Å². The highest BCUT2D eigenvalue weighted by molar-refractivity contribution is 9.10. The molecule has 0 saturated carbocycles. The fraction of sp³-hybridized carbons (Fsp3) is 0.143. The van der Waals surface area contributed by atoms with E-state index in [4.69, 9.17) is 16.3 Å². The van der Waals surface area contributed by atoms with Crippen LogP contribution < -0.4 is 10.3 Å². The molecule has 1 N–H and O–H groups in total. The van der Waals surface area contributed by atoms with Gasteiger partial charge in [-0.2, -0.15) is 5.10 Å².